The van der Waals surface area contributed by atoms with Gasteiger partial charge in [0.1, 0.15) is 0 Å². The van der Waals surface area contributed by atoms with Gasteiger partial charge in [0.05, 0.1) is 0 Å². The van der Waals surface area contributed by atoms with E-state index in [1.807, 2.05) is 0 Å². The predicted molar refractivity (Wildman–Crippen MR) is 141 cm³/mol. The van der Waals surface area contributed by atoms with Crippen molar-refractivity contribution in [3.8, 4) is 33.4 Å². The third-order valence-corrected chi connectivity index (χ3v) is 6.29. The van der Waals surface area contributed by atoms with Crippen molar-refractivity contribution in [1.29, 1.82) is 0 Å². The highest BCUT2D eigenvalue weighted by molar-refractivity contribution is 5.85. The first-order valence-electron chi connectivity index (χ1n) is 11.8. The van der Waals surface area contributed by atoms with Crippen LogP contribution in [-0.4, -0.2) is 0 Å². The van der Waals surface area contributed by atoms with E-state index in [2.05, 4.69) is 133 Å². The summed E-state index contributed by atoms with van der Waals surface area (Å²) in [5, 5.41) is 0. The third kappa shape index (κ3) is 4.81. The molecule has 0 aliphatic heterocycles. The predicted octanol–water partition coefficient (Wildman–Crippen LogP) is 8.86. The Morgan fingerprint density at radius 1 is 0.333 bits per heavy atom. The van der Waals surface area contributed by atoms with Gasteiger partial charge < -0.3 is 0 Å². The van der Waals surface area contributed by atoms with Crippen LogP contribution in [0.4, 0.5) is 0 Å². The zero-order valence-electron chi connectivity index (χ0n) is 18.8. The molecule has 0 aromatic heterocycles. The van der Waals surface area contributed by atoms with Crippen LogP contribution in [0.15, 0.2) is 133 Å². The molecule has 0 spiro atoms. The lowest BCUT2D eigenvalue weighted by molar-refractivity contribution is 0.823. The van der Waals surface area contributed by atoms with Crippen LogP contribution < -0.4 is 0 Å². The van der Waals surface area contributed by atoms with Gasteiger partial charge >= 0.3 is 0 Å². The van der Waals surface area contributed by atoms with Gasteiger partial charge in [-0.25, -0.2) is 0 Å². The van der Waals surface area contributed by atoms with Crippen LogP contribution in [0.25, 0.3) is 33.4 Å². The van der Waals surface area contributed by atoms with E-state index < -0.39 is 0 Å². The fraction of sp³-hybridized carbons (Fsp3) is 0.0909. The highest BCUT2D eigenvalue weighted by atomic mass is 14.2. The fourth-order valence-electron chi connectivity index (χ4n) is 4.72. The first-order valence-corrected chi connectivity index (χ1v) is 11.8. The molecule has 0 bridgehead atoms. The maximum absolute atomic E-state index is 2.30. The molecule has 0 aliphatic carbocycles. The molecule has 5 aromatic carbocycles. The normalized spacial score (nSPS) is 10.8. The van der Waals surface area contributed by atoms with Gasteiger partial charge in [0.2, 0.25) is 0 Å². The van der Waals surface area contributed by atoms with Gasteiger partial charge in [-0.3, -0.25) is 0 Å². The molecule has 0 N–H and O–H groups in total. The van der Waals surface area contributed by atoms with Gasteiger partial charge in [-0.15, -0.1) is 0 Å². The standard InChI is InChI=1S/C33H28/c1-4-14-26(15-5-1)31-24-11-10-18-27(31)21-12-22-30-23-13-25-32(28-16-6-2-7-17-28)33(30)29-19-8-3-9-20-29/h1-11,13-20,23-25H,12,21-22H2. The van der Waals surface area contributed by atoms with Crippen LogP contribution in [0.1, 0.15) is 17.5 Å². The molecule has 0 amide bonds. The van der Waals surface area contributed by atoms with Crippen LogP contribution in [0, 0.1) is 0 Å². The van der Waals surface area contributed by atoms with Gasteiger partial charge in [0, 0.05) is 0 Å². The maximum Gasteiger partial charge on any atom is -0.00733 e. The summed E-state index contributed by atoms with van der Waals surface area (Å²) in [6, 6.07) is 47.9. The van der Waals surface area contributed by atoms with E-state index in [1.165, 1.54) is 44.5 Å². The summed E-state index contributed by atoms with van der Waals surface area (Å²) in [6.45, 7) is 0. The van der Waals surface area contributed by atoms with Crippen molar-refractivity contribution in [2.75, 3.05) is 0 Å². The minimum absolute atomic E-state index is 1.05. The van der Waals surface area contributed by atoms with Crippen molar-refractivity contribution in [3.63, 3.8) is 0 Å². The number of hydrogen-bond acceptors (Lipinski definition) is 0. The van der Waals surface area contributed by atoms with Gasteiger partial charge in [-0.1, -0.05) is 133 Å². The van der Waals surface area contributed by atoms with Crippen LogP contribution in [0.5, 0.6) is 0 Å². The Morgan fingerprint density at radius 2 is 0.788 bits per heavy atom. The van der Waals surface area contributed by atoms with Crippen LogP contribution in [0.2, 0.25) is 0 Å². The van der Waals surface area contributed by atoms with E-state index in [1.54, 1.807) is 0 Å². The van der Waals surface area contributed by atoms with Crippen molar-refractivity contribution in [2.24, 2.45) is 0 Å². The molecule has 0 heteroatoms. The molecular weight excluding hydrogens is 396 g/mol. The van der Waals surface area contributed by atoms with Crippen LogP contribution in [0.3, 0.4) is 0 Å². The number of aryl methyl sites for hydroxylation is 2. The molecule has 0 radical (unpaired) electrons. The molecule has 33 heavy (non-hydrogen) atoms. The minimum atomic E-state index is 1.05. The Labute approximate surface area is 197 Å². The summed E-state index contributed by atoms with van der Waals surface area (Å²) in [7, 11) is 0. The molecule has 5 rings (SSSR count). The summed E-state index contributed by atoms with van der Waals surface area (Å²) in [4.78, 5) is 0. The zero-order valence-corrected chi connectivity index (χ0v) is 18.8. The smallest absolute Gasteiger partial charge is 0.00733 e. The lowest BCUT2D eigenvalue weighted by atomic mass is 9.88. The van der Waals surface area contributed by atoms with Gasteiger partial charge in [0.25, 0.3) is 0 Å². The number of hydrogen-bond donors (Lipinski definition) is 0. The summed E-state index contributed by atoms with van der Waals surface area (Å²) in [5.74, 6) is 0. The average molecular weight is 425 g/mol. The molecule has 0 saturated heterocycles. The molecule has 0 heterocycles. The van der Waals surface area contributed by atoms with Crippen LogP contribution >= 0.6 is 0 Å². The van der Waals surface area contributed by atoms with Crippen molar-refractivity contribution in [2.45, 2.75) is 19.3 Å². The fourth-order valence-corrected chi connectivity index (χ4v) is 4.72. The van der Waals surface area contributed by atoms with Crippen LogP contribution in [-0.2, 0) is 12.8 Å². The first kappa shape index (κ1) is 21.0. The lowest BCUT2D eigenvalue weighted by Gasteiger charge is -2.16. The Hall–Kier alpha value is -3.90. The second-order valence-electron chi connectivity index (χ2n) is 8.45. The van der Waals surface area contributed by atoms with E-state index in [-0.39, 0.29) is 0 Å². The Balaban J connectivity index is 1.45. The Kier molecular flexibility index (Phi) is 6.45. The van der Waals surface area contributed by atoms with E-state index >= 15 is 0 Å². The maximum atomic E-state index is 2.30. The summed E-state index contributed by atoms with van der Waals surface area (Å²) >= 11 is 0. The monoisotopic (exact) mass is 424 g/mol. The van der Waals surface area contributed by atoms with Gasteiger partial charge in [-0.2, -0.15) is 0 Å². The van der Waals surface area contributed by atoms with Gasteiger partial charge in [0.15, 0.2) is 0 Å². The summed E-state index contributed by atoms with van der Waals surface area (Å²) < 4.78 is 0. The molecular formula is C33H28. The van der Waals surface area contributed by atoms with E-state index in [4.69, 9.17) is 0 Å². The lowest BCUT2D eigenvalue weighted by Crippen LogP contribution is -1.97. The number of rotatable bonds is 7. The van der Waals surface area contributed by atoms with Crippen molar-refractivity contribution in [1.82, 2.24) is 0 Å². The Bertz CT molecular complexity index is 1300. The zero-order chi connectivity index (χ0) is 22.3. The molecule has 5 aromatic rings. The molecule has 0 atom stereocenters. The second kappa shape index (κ2) is 10.1. The SMILES string of the molecule is c1ccc(-c2ccccc2CCCc2cccc(-c3ccccc3)c2-c2ccccc2)cc1. The third-order valence-electron chi connectivity index (χ3n) is 6.29. The number of benzene rings is 5. The Morgan fingerprint density at radius 3 is 1.45 bits per heavy atom. The van der Waals surface area contributed by atoms with Crippen molar-refractivity contribution < 1.29 is 0 Å². The summed E-state index contributed by atoms with van der Waals surface area (Å²) in [5.41, 5.74) is 10.7. The largest absolute Gasteiger partial charge is 0.0622 e. The minimum Gasteiger partial charge on any atom is -0.0622 e. The average Bonchev–Trinajstić information content (AvgIpc) is 2.90. The van der Waals surface area contributed by atoms with Gasteiger partial charge in [-0.05, 0) is 63.8 Å². The van der Waals surface area contributed by atoms with Crippen molar-refractivity contribution >= 4 is 0 Å². The molecule has 0 unspecified atom stereocenters. The highest BCUT2D eigenvalue weighted by Crippen LogP contribution is 2.36. The molecule has 0 aliphatic rings. The van der Waals surface area contributed by atoms with Crippen molar-refractivity contribution in [3.05, 3.63) is 145 Å². The second-order valence-corrected chi connectivity index (χ2v) is 8.45. The quantitative estimate of drug-likeness (QED) is 0.245. The summed E-state index contributed by atoms with van der Waals surface area (Å²) in [6.07, 6.45) is 3.23. The molecule has 0 nitrogen and oxygen atoms in total. The molecule has 0 saturated carbocycles. The first-order chi connectivity index (χ1) is 16.4. The molecule has 0 fully saturated rings. The topological polar surface area (TPSA) is 0 Å². The van der Waals surface area contributed by atoms with E-state index in [0.29, 0.717) is 0 Å². The van der Waals surface area contributed by atoms with E-state index in [9.17, 15) is 0 Å². The van der Waals surface area contributed by atoms with E-state index in [0.717, 1.165) is 19.3 Å². The highest BCUT2D eigenvalue weighted by Gasteiger charge is 2.13. The molecule has 160 valence electrons.